The maximum atomic E-state index is 12.5. The number of nitrogens with zero attached hydrogens (tertiary/aromatic N) is 3. The van der Waals surface area contributed by atoms with Crippen LogP contribution in [0.5, 0.6) is 0 Å². The molecule has 2 aromatic carbocycles. The molecule has 5 heteroatoms. The van der Waals surface area contributed by atoms with E-state index in [1.807, 2.05) is 30.3 Å². The minimum atomic E-state index is -0.289. The van der Waals surface area contributed by atoms with Crippen molar-refractivity contribution in [3.05, 3.63) is 70.1 Å². The first-order valence-electron chi connectivity index (χ1n) is 6.39. The van der Waals surface area contributed by atoms with Gasteiger partial charge in [-0.25, -0.2) is 9.36 Å². The third-order valence-electron chi connectivity index (χ3n) is 3.48. The Kier molecular flexibility index (Phi) is 2.92. The van der Waals surface area contributed by atoms with Crippen LogP contribution in [0.15, 0.2) is 53.3 Å². The van der Waals surface area contributed by atoms with Crippen molar-refractivity contribution in [1.29, 1.82) is 10.7 Å². The summed E-state index contributed by atoms with van der Waals surface area (Å²) >= 11 is 0. The molecule has 0 unspecified atom stereocenters. The van der Waals surface area contributed by atoms with Gasteiger partial charge in [-0.1, -0.05) is 12.1 Å². The second-order valence-corrected chi connectivity index (χ2v) is 4.70. The van der Waals surface area contributed by atoms with Gasteiger partial charge in [-0.2, -0.15) is 5.26 Å². The van der Waals surface area contributed by atoms with Crippen molar-refractivity contribution in [2.75, 3.05) is 0 Å². The fraction of sp³-hybridized carbons (Fsp3) is 0.0625. The Morgan fingerprint density at radius 1 is 1.10 bits per heavy atom. The average Bonchev–Trinajstić information content (AvgIpc) is 2.53. The summed E-state index contributed by atoms with van der Waals surface area (Å²) in [5.41, 5.74) is 1.66. The van der Waals surface area contributed by atoms with Crippen LogP contribution in [0.25, 0.3) is 16.6 Å². The number of aryl methyl sites for hydroxylation is 1. The van der Waals surface area contributed by atoms with Gasteiger partial charge in [0, 0.05) is 12.4 Å². The SMILES string of the molecule is Cn1c(=O)n(-c2ccc(C#N)cc2)c(=N)c2ccccc21. The molecule has 0 radical (unpaired) electrons. The molecular weight excluding hydrogens is 264 g/mol. The number of aromatic nitrogens is 2. The highest BCUT2D eigenvalue weighted by molar-refractivity contribution is 5.77. The van der Waals surface area contributed by atoms with Gasteiger partial charge in [-0.3, -0.25) is 9.98 Å². The maximum Gasteiger partial charge on any atom is 0.334 e. The molecule has 1 N–H and O–H groups in total. The Hall–Kier alpha value is -3.13. The molecule has 102 valence electrons. The lowest BCUT2D eigenvalue weighted by Gasteiger charge is -2.12. The number of rotatable bonds is 1. The van der Waals surface area contributed by atoms with Crippen molar-refractivity contribution in [2.24, 2.45) is 7.05 Å². The van der Waals surface area contributed by atoms with Gasteiger partial charge in [0.25, 0.3) is 0 Å². The summed E-state index contributed by atoms with van der Waals surface area (Å²) in [4.78, 5) is 12.5. The highest BCUT2D eigenvalue weighted by Gasteiger charge is 2.09. The Balaban J connectivity index is 2.40. The van der Waals surface area contributed by atoms with E-state index >= 15 is 0 Å². The maximum absolute atomic E-state index is 12.5. The van der Waals surface area contributed by atoms with Crippen LogP contribution < -0.4 is 11.2 Å². The Bertz CT molecular complexity index is 988. The lowest BCUT2D eigenvalue weighted by molar-refractivity contribution is 0.756. The van der Waals surface area contributed by atoms with E-state index in [1.165, 1.54) is 9.13 Å². The lowest BCUT2D eigenvalue weighted by atomic mass is 10.2. The number of nitrogens with one attached hydrogen (secondary N) is 1. The van der Waals surface area contributed by atoms with E-state index in [1.54, 1.807) is 31.3 Å². The zero-order chi connectivity index (χ0) is 15.0. The third kappa shape index (κ3) is 1.94. The van der Waals surface area contributed by atoms with Gasteiger partial charge in [0.15, 0.2) is 0 Å². The molecule has 0 aliphatic rings. The second-order valence-electron chi connectivity index (χ2n) is 4.70. The van der Waals surface area contributed by atoms with Crippen molar-refractivity contribution in [3.63, 3.8) is 0 Å². The Labute approximate surface area is 120 Å². The van der Waals surface area contributed by atoms with Gasteiger partial charge < -0.3 is 0 Å². The molecule has 1 heterocycles. The normalized spacial score (nSPS) is 10.5. The quantitative estimate of drug-likeness (QED) is 0.734. The zero-order valence-electron chi connectivity index (χ0n) is 11.4. The number of hydrogen-bond donors (Lipinski definition) is 1. The molecule has 0 aliphatic carbocycles. The summed E-state index contributed by atoms with van der Waals surface area (Å²) in [7, 11) is 1.68. The summed E-state index contributed by atoms with van der Waals surface area (Å²) in [5.74, 6) is 0. The first-order valence-corrected chi connectivity index (χ1v) is 6.39. The van der Waals surface area contributed by atoms with E-state index in [0.717, 1.165) is 5.52 Å². The van der Waals surface area contributed by atoms with Crippen molar-refractivity contribution in [3.8, 4) is 11.8 Å². The predicted molar refractivity (Wildman–Crippen MR) is 79.1 cm³/mol. The molecule has 1 aromatic heterocycles. The van der Waals surface area contributed by atoms with Crippen molar-refractivity contribution >= 4 is 10.9 Å². The summed E-state index contributed by atoms with van der Waals surface area (Å²) in [6, 6.07) is 16.0. The number of fused-ring (bicyclic) bond motifs is 1. The Morgan fingerprint density at radius 2 is 1.76 bits per heavy atom. The standard InChI is InChI=1S/C16H12N4O/c1-19-14-5-3-2-4-13(14)15(18)20(16(19)21)12-8-6-11(10-17)7-9-12/h2-9,18H,1H3. The van der Waals surface area contributed by atoms with Crippen LogP contribution in [0.3, 0.4) is 0 Å². The topological polar surface area (TPSA) is 74.6 Å². The lowest BCUT2D eigenvalue weighted by Crippen LogP contribution is -2.37. The summed E-state index contributed by atoms with van der Waals surface area (Å²) in [5, 5.41) is 17.8. The van der Waals surface area contributed by atoms with Crippen LogP contribution in [0.4, 0.5) is 0 Å². The Morgan fingerprint density at radius 3 is 2.43 bits per heavy atom. The summed E-state index contributed by atoms with van der Waals surface area (Å²) in [6.07, 6.45) is 0. The number of nitriles is 1. The van der Waals surface area contributed by atoms with E-state index < -0.39 is 0 Å². The third-order valence-corrected chi connectivity index (χ3v) is 3.48. The predicted octanol–water partition coefficient (Wildman–Crippen LogP) is 1.68. The molecule has 0 amide bonds. The van der Waals surface area contributed by atoms with Gasteiger partial charge in [0.2, 0.25) is 0 Å². The number of para-hydroxylation sites is 1. The minimum Gasteiger partial charge on any atom is -0.296 e. The van der Waals surface area contributed by atoms with E-state index in [-0.39, 0.29) is 11.2 Å². The second kappa shape index (κ2) is 4.76. The van der Waals surface area contributed by atoms with Gasteiger partial charge in [0.1, 0.15) is 5.49 Å². The van der Waals surface area contributed by atoms with Crippen molar-refractivity contribution in [1.82, 2.24) is 9.13 Å². The molecule has 0 saturated heterocycles. The van der Waals surface area contributed by atoms with E-state index in [4.69, 9.17) is 10.7 Å². The molecule has 3 rings (SSSR count). The molecule has 0 atom stereocenters. The van der Waals surface area contributed by atoms with Crippen LogP contribution in [0.1, 0.15) is 5.56 Å². The van der Waals surface area contributed by atoms with Gasteiger partial charge in [0.05, 0.1) is 22.8 Å². The molecule has 0 spiro atoms. The van der Waals surface area contributed by atoms with Crippen LogP contribution in [-0.2, 0) is 7.05 Å². The van der Waals surface area contributed by atoms with Gasteiger partial charge >= 0.3 is 5.69 Å². The largest absolute Gasteiger partial charge is 0.334 e. The van der Waals surface area contributed by atoms with Crippen LogP contribution in [-0.4, -0.2) is 9.13 Å². The van der Waals surface area contributed by atoms with E-state index in [2.05, 4.69) is 0 Å². The van der Waals surface area contributed by atoms with Gasteiger partial charge in [-0.15, -0.1) is 0 Å². The highest BCUT2D eigenvalue weighted by Crippen LogP contribution is 2.09. The monoisotopic (exact) mass is 276 g/mol. The number of benzene rings is 2. The average molecular weight is 276 g/mol. The molecule has 0 saturated carbocycles. The fourth-order valence-electron chi connectivity index (χ4n) is 2.36. The summed E-state index contributed by atoms with van der Waals surface area (Å²) < 4.78 is 2.86. The first kappa shape index (κ1) is 12.9. The molecule has 0 aliphatic heterocycles. The molecule has 0 bridgehead atoms. The highest BCUT2D eigenvalue weighted by atomic mass is 16.1. The minimum absolute atomic E-state index is 0.137. The van der Waals surface area contributed by atoms with Crippen molar-refractivity contribution < 1.29 is 0 Å². The molecule has 5 nitrogen and oxygen atoms in total. The molecular formula is C16H12N4O. The van der Waals surface area contributed by atoms with Crippen LogP contribution in [0, 0.1) is 16.7 Å². The molecule has 21 heavy (non-hydrogen) atoms. The fourth-order valence-corrected chi connectivity index (χ4v) is 2.36. The number of hydrogen-bond acceptors (Lipinski definition) is 3. The molecule has 0 fully saturated rings. The van der Waals surface area contributed by atoms with Gasteiger partial charge in [-0.05, 0) is 36.4 Å². The molecule has 3 aromatic rings. The smallest absolute Gasteiger partial charge is 0.296 e. The van der Waals surface area contributed by atoms with E-state index in [9.17, 15) is 4.79 Å². The van der Waals surface area contributed by atoms with E-state index in [0.29, 0.717) is 16.6 Å². The van der Waals surface area contributed by atoms with Crippen LogP contribution >= 0.6 is 0 Å². The van der Waals surface area contributed by atoms with Crippen LogP contribution in [0.2, 0.25) is 0 Å². The summed E-state index contributed by atoms with van der Waals surface area (Å²) in [6.45, 7) is 0. The van der Waals surface area contributed by atoms with Crippen molar-refractivity contribution in [2.45, 2.75) is 0 Å². The zero-order valence-corrected chi connectivity index (χ0v) is 11.4. The first-order chi connectivity index (χ1) is 10.1.